The first-order valence-corrected chi connectivity index (χ1v) is 43.7. The second-order valence-electron chi connectivity index (χ2n) is 45.4. The molecule has 560 valence electrons. The van der Waals surface area contributed by atoms with Gasteiger partial charge in [-0.25, -0.2) is 0 Å². The van der Waals surface area contributed by atoms with Gasteiger partial charge in [0.1, 0.15) is 0 Å². The van der Waals surface area contributed by atoms with Gasteiger partial charge in [0.2, 0.25) is 0 Å². The summed E-state index contributed by atoms with van der Waals surface area (Å²) in [4.78, 5) is 0. The molecule has 17 rings (SSSR count). The molecule has 17 aliphatic rings. The van der Waals surface area contributed by atoms with E-state index in [9.17, 15) is 0 Å². The summed E-state index contributed by atoms with van der Waals surface area (Å²) in [6.07, 6.45) is 50.6. The highest BCUT2D eigenvalue weighted by Crippen LogP contribution is 2.63. The minimum absolute atomic E-state index is 0.526. The summed E-state index contributed by atoms with van der Waals surface area (Å²) in [6, 6.07) is 0. The third-order valence-corrected chi connectivity index (χ3v) is 35.5. The second-order valence-corrected chi connectivity index (χ2v) is 45.4. The van der Waals surface area contributed by atoms with Crippen molar-refractivity contribution >= 4 is 0 Å². The lowest BCUT2D eigenvalue weighted by Gasteiger charge is -2.49. The highest BCUT2D eigenvalue weighted by molar-refractivity contribution is 5.04. The van der Waals surface area contributed by atoms with Crippen LogP contribution in [0.1, 0.15) is 433 Å². The van der Waals surface area contributed by atoms with Crippen molar-refractivity contribution in [1.29, 1.82) is 0 Å². The van der Waals surface area contributed by atoms with E-state index in [1.54, 1.807) is 64.2 Å². The molecule has 0 radical (unpaired) electrons. The van der Waals surface area contributed by atoms with Crippen LogP contribution in [0.3, 0.4) is 0 Å². The molecule has 10 atom stereocenters. The summed E-state index contributed by atoms with van der Waals surface area (Å²) in [5, 5.41) is 0. The molecular formula is C95H180. The molecule has 0 aromatic carbocycles. The van der Waals surface area contributed by atoms with Gasteiger partial charge in [-0.1, -0.05) is 266 Å². The Bertz CT molecular complexity index is 2140. The third kappa shape index (κ3) is 20.5. The van der Waals surface area contributed by atoms with Crippen LogP contribution in [0.25, 0.3) is 0 Å². The van der Waals surface area contributed by atoms with Gasteiger partial charge < -0.3 is 0 Å². The van der Waals surface area contributed by atoms with Gasteiger partial charge in [-0.15, -0.1) is 0 Å². The van der Waals surface area contributed by atoms with Crippen LogP contribution in [0.4, 0.5) is 0 Å². The van der Waals surface area contributed by atoms with Crippen molar-refractivity contribution in [2.45, 2.75) is 433 Å². The Labute approximate surface area is 601 Å². The molecule has 95 heavy (non-hydrogen) atoms. The Balaban J connectivity index is 0.000000169. The fraction of sp³-hybridized carbons (Fsp3) is 1.00. The fourth-order valence-electron chi connectivity index (χ4n) is 27.6. The zero-order valence-electron chi connectivity index (χ0n) is 71.5. The Morgan fingerprint density at radius 1 is 0.358 bits per heavy atom. The SMILES string of the molecule is CC(C)C1C(C)(C)CCC1(C)C.CC1C2CCC(CC2)[C@H]1C.CCC1(C)CC(C)(C)C(C)(C)C1.CCC1C(C)(C)CCC1(C)C.CCC1C2CCC(C2)C1(C)C.CCC1CC(C)(C)C(C)(C)C1.CCC1CC2CCC1C2.C[C@H]1CC2CCC1(C)CC2.C[C@H]1CC2CCC1CC2. The van der Waals surface area contributed by atoms with Crippen molar-refractivity contribution in [3.05, 3.63) is 0 Å². The Kier molecular flexibility index (Phi) is 29.1. The maximum absolute atomic E-state index is 2.49. The predicted molar refractivity (Wildman–Crippen MR) is 426 cm³/mol. The van der Waals surface area contributed by atoms with E-state index in [0.29, 0.717) is 54.1 Å². The van der Waals surface area contributed by atoms with E-state index in [0.717, 1.165) is 118 Å². The van der Waals surface area contributed by atoms with Crippen LogP contribution in [0, 0.1) is 172 Å². The summed E-state index contributed by atoms with van der Waals surface area (Å²) in [5.74, 6) is 20.0. The van der Waals surface area contributed by atoms with Crippen molar-refractivity contribution in [2.24, 2.45) is 172 Å². The van der Waals surface area contributed by atoms with E-state index < -0.39 is 0 Å². The molecule has 17 fully saturated rings. The van der Waals surface area contributed by atoms with Gasteiger partial charge in [0, 0.05) is 0 Å². The number of fused-ring (bicyclic) bond motifs is 13. The van der Waals surface area contributed by atoms with Crippen molar-refractivity contribution < 1.29 is 0 Å². The molecule has 17 saturated carbocycles. The van der Waals surface area contributed by atoms with Gasteiger partial charge in [-0.2, -0.15) is 0 Å². The number of hydrogen-bond donors (Lipinski definition) is 0. The van der Waals surface area contributed by atoms with E-state index in [-0.39, 0.29) is 0 Å². The summed E-state index contributed by atoms with van der Waals surface area (Å²) < 4.78 is 0. The molecule has 0 nitrogen and oxygen atoms in total. The highest BCUT2D eigenvalue weighted by Gasteiger charge is 2.54. The summed E-state index contributed by atoms with van der Waals surface area (Å²) in [6.45, 7) is 75.0. The van der Waals surface area contributed by atoms with E-state index in [2.05, 4.69) is 215 Å². The topological polar surface area (TPSA) is 0 Å². The van der Waals surface area contributed by atoms with Gasteiger partial charge in [0.25, 0.3) is 0 Å². The molecule has 0 spiro atoms. The zero-order valence-corrected chi connectivity index (χ0v) is 71.5. The lowest BCUT2D eigenvalue weighted by molar-refractivity contribution is 0.0209. The fourth-order valence-corrected chi connectivity index (χ4v) is 27.6. The van der Waals surface area contributed by atoms with E-state index in [4.69, 9.17) is 0 Å². The van der Waals surface area contributed by atoms with Crippen molar-refractivity contribution in [3.63, 3.8) is 0 Å². The first kappa shape index (κ1) is 83.9. The van der Waals surface area contributed by atoms with Gasteiger partial charge >= 0.3 is 0 Å². The predicted octanol–water partition coefficient (Wildman–Crippen LogP) is 31.5. The van der Waals surface area contributed by atoms with Crippen LogP contribution >= 0.6 is 0 Å². The smallest absolute Gasteiger partial charge is 0.0288 e. The zero-order chi connectivity index (χ0) is 71.5. The standard InChI is InChI=1S/2C12H24.C11H20.2C11H22.2C10H18.2C9H16/c1-9(2)10-11(3,4)7-8-12(10,5)6;1-7-12(6)8-10(2,3)11(4,5)9-12;1-4-10-8-5-6-9(7-8)11(10,2)3;1-6-9-7-10(2,3)11(4,5)8-9;1-6-9-10(2,3)7-8-11(9,4)5;1-8-7-9-3-5-10(8,2)6-4-9;1-7-8(2)10-5-3-9(7)4-6-10;1-7-6-8-2-4-9(7)5-3-8;1-2-8-5-7-3-4-9(8)6-7/h9-10H,7-8H2,1-6H3;7-9H2,1-6H3;8-10H,4-7H2,1-3H3;2*9H,6-8H2,1-5H3;8-9H,3-7H2,1-2H3;7-10H,3-6H2,1-2H3;2*7-9H,2-6H2,1H3/t;;;;;8-,9?,10?;7-,8?,9?,10?;7-,8?,9?;/m.....000./s1. The molecule has 7 unspecified atom stereocenters. The number of rotatable bonds is 6. The average Bonchev–Trinajstić information content (AvgIpc) is 1.65. The molecule has 17 aliphatic carbocycles. The second kappa shape index (κ2) is 33.0. The van der Waals surface area contributed by atoms with Crippen molar-refractivity contribution in [3.8, 4) is 0 Å². The van der Waals surface area contributed by atoms with Crippen LogP contribution < -0.4 is 0 Å². The molecule has 0 heterocycles. The van der Waals surface area contributed by atoms with Crippen LogP contribution in [-0.2, 0) is 0 Å². The van der Waals surface area contributed by atoms with Crippen molar-refractivity contribution in [1.82, 2.24) is 0 Å². The maximum atomic E-state index is 2.49. The Morgan fingerprint density at radius 3 is 1.02 bits per heavy atom. The van der Waals surface area contributed by atoms with Crippen LogP contribution in [-0.4, -0.2) is 0 Å². The van der Waals surface area contributed by atoms with E-state index >= 15 is 0 Å². The number of hydrogen-bond acceptors (Lipinski definition) is 0. The first-order valence-electron chi connectivity index (χ1n) is 43.7. The first-order chi connectivity index (χ1) is 43.7. The lowest BCUT2D eigenvalue weighted by atomic mass is 9.57. The lowest BCUT2D eigenvalue weighted by Crippen LogP contribution is -2.38. The molecular weight excluding hydrogens is 1140 g/mol. The summed E-state index contributed by atoms with van der Waals surface area (Å²) in [7, 11) is 0. The van der Waals surface area contributed by atoms with Crippen molar-refractivity contribution in [2.75, 3.05) is 0 Å². The van der Waals surface area contributed by atoms with Gasteiger partial charge in [-0.3, -0.25) is 0 Å². The van der Waals surface area contributed by atoms with Crippen LogP contribution in [0.5, 0.6) is 0 Å². The molecule has 0 saturated heterocycles. The summed E-state index contributed by atoms with van der Waals surface area (Å²) in [5.41, 5.74) is 6.53. The Morgan fingerprint density at radius 2 is 0.789 bits per heavy atom. The van der Waals surface area contributed by atoms with E-state index in [1.165, 1.54) is 154 Å². The molecule has 10 bridgehead atoms. The average molecular weight is 1320 g/mol. The quantitative estimate of drug-likeness (QED) is 0.249. The van der Waals surface area contributed by atoms with Crippen LogP contribution in [0.15, 0.2) is 0 Å². The molecule has 0 heteroatoms. The monoisotopic (exact) mass is 1320 g/mol. The van der Waals surface area contributed by atoms with Gasteiger partial charge in [0.05, 0.1) is 0 Å². The largest absolute Gasteiger partial charge is 0.0651 e. The maximum Gasteiger partial charge on any atom is -0.0288 e. The van der Waals surface area contributed by atoms with E-state index in [1.807, 2.05) is 0 Å². The molecule has 0 aromatic rings. The van der Waals surface area contributed by atoms with Gasteiger partial charge in [-0.05, 0) is 339 Å². The van der Waals surface area contributed by atoms with Gasteiger partial charge in [0.15, 0.2) is 0 Å². The molecule has 0 N–H and O–H groups in total. The third-order valence-electron chi connectivity index (χ3n) is 35.5. The minimum atomic E-state index is 0.526. The molecule has 0 aromatic heterocycles. The highest BCUT2D eigenvalue weighted by atomic mass is 14.6. The minimum Gasteiger partial charge on any atom is -0.0651 e. The Hall–Kier alpha value is 0. The van der Waals surface area contributed by atoms with Crippen LogP contribution in [0.2, 0.25) is 0 Å². The summed E-state index contributed by atoms with van der Waals surface area (Å²) >= 11 is 0. The normalized spacial score (nSPS) is 40.1. The molecule has 0 amide bonds. The molecule has 0 aliphatic heterocycles.